The molecule has 1 amide bonds. The molecule has 2 N–H and O–H groups in total. The molecule has 0 aliphatic carbocycles. The predicted octanol–water partition coefficient (Wildman–Crippen LogP) is 5.93. The third-order valence-corrected chi connectivity index (χ3v) is 8.94. The molecule has 4 aromatic heterocycles. The summed E-state index contributed by atoms with van der Waals surface area (Å²) < 4.78 is 16.2. The zero-order chi connectivity index (χ0) is 30.0. The molecule has 0 saturated carbocycles. The normalized spacial score (nSPS) is 14.4. The SMILES string of the molecule is CCc1sc(C(=O)Nc2nc(-c3cc(Nc4ccc(C5CCN(C)CC5)nn4)c(=O)n(C)c3)ccc2F)cc1C(C)C. The van der Waals surface area contributed by atoms with E-state index in [0.29, 0.717) is 27.9 Å². The van der Waals surface area contributed by atoms with E-state index in [1.165, 1.54) is 28.0 Å². The number of thiophene rings is 1. The number of carbonyl (C=O) groups is 1. The van der Waals surface area contributed by atoms with Crippen molar-refractivity contribution in [1.82, 2.24) is 24.6 Å². The molecule has 1 fully saturated rings. The lowest BCUT2D eigenvalue weighted by atomic mass is 9.94. The van der Waals surface area contributed by atoms with Crippen LogP contribution in [-0.2, 0) is 13.5 Å². The molecule has 0 aromatic carbocycles. The van der Waals surface area contributed by atoms with Gasteiger partial charge in [0.05, 0.1) is 16.3 Å². The van der Waals surface area contributed by atoms with Crippen LogP contribution in [0.3, 0.4) is 0 Å². The van der Waals surface area contributed by atoms with Crippen LogP contribution in [0.15, 0.2) is 47.4 Å². The van der Waals surface area contributed by atoms with Crippen LogP contribution >= 0.6 is 11.3 Å². The minimum Gasteiger partial charge on any atom is -0.334 e. The van der Waals surface area contributed by atoms with E-state index in [2.05, 4.69) is 58.5 Å². The first-order valence-electron chi connectivity index (χ1n) is 14.2. The summed E-state index contributed by atoms with van der Waals surface area (Å²) in [6.07, 6.45) is 4.53. The molecule has 11 heteroatoms. The summed E-state index contributed by atoms with van der Waals surface area (Å²) in [5.74, 6) is -0.116. The van der Waals surface area contributed by atoms with Crippen LogP contribution < -0.4 is 16.2 Å². The lowest BCUT2D eigenvalue weighted by Crippen LogP contribution is -2.29. The number of hydrogen-bond acceptors (Lipinski definition) is 8. The van der Waals surface area contributed by atoms with Crippen molar-refractivity contribution in [2.75, 3.05) is 30.8 Å². The summed E-state index contributed by atoms with van der Waals surface area (Å²) in [6.45, 7) is 8.29. The summed E-state index contributed by atoms with van der Waals surface area (Å²) in [7, 11) is 3.75. The van der Waals surface area contributed by atoms with Gasteiger partial charge in [-0.05, 0) is 87.3 Å². The Morgan fingerprint density at radius 2 is 1.88 bits per heavy atom. The van der Waals surface area contributed by atoms with Crippen molar-refractivity contribution >= 4 is 34.6 Å². The van der Waals surface area contributed by atoms with Crippen LogP contribution in [0.5, 0.6) is 0 Å². The van der Waals surface area contributed by atoms with Gasteiger partial charge in [-0.25, -0.2) is 9.37 Å². The monoisotopic (exact) mass is 589 g/mol. The van der Waals surface area contributed by atoms with Crippen LogP contribution in [-0.4, -0.2) is 50.7 Å². The number of aromatic nitrogens is 4. The van der Waals surface area contributed by atoms with Crippen molar-refractivity contribution in [3.8, 4) is 11.3 Å². The average molecular weight is 590 g/mol. The van der Waals surface area contributed by atoms with Crippen molar-refractivity contribution in [2.45, 2.75) is 51.9 Å². The molecule has 0 bridgehead atoms. The Bertz CT molecular complexity index is 1640. The van der Waals surface area contributed by atoms with Gasteiger partial charge in [0.2, 0.25) is 0 Å². The van der Waals surface area contributed by atoms with E-state index in [4.69, 9.17) is 0 Å². The van der Waals surface area contributed by atoms with Crippen molar-refractivity contribution in [1.29, 1.82) is 0 Å². The topological polar surface area (TPSA) is 105 Å². The number of nitrogens with one attached hydrogen (secondary N) is 2. The van der Waals surface area contributed by atoms with Gasteiger partial charge in [-0.1, -0.05) is 20.8 Å². The largest absolute Gasteiger partial charge is 0.334 e. The molecular formula is C31H36FN7O2S. The molecule has 9 nitrogen and oxygen atoms in total. The van der Waals surface area contributed by atoms with Crippen LogP contribution in [0.1, 0.15) is 71.3 Å². The highest BCUT2D eigenvalue weighted by Crippen LogP contribution is 2.31. The van der Waals surface area contributed by atoms with Crippen molar-refractivity contribution in [2.24, 2.45) is 7.05 Å². The van der Waals surface area contributed by atoms with Crippen LogP contribution in [0.4, 0.5) is 21.7 Å². The lowest BCUT2D eigenvalue weighted by Gasteiger charge is -2.28. The molecule has 0 spiro atoms. The second-order valence-electron chi connectivity index (χ2n) is 11.1. The lowest BCUT2D eigenvalue weighted by molar-refractivity contribution is 0.102. The first-order valence-corrected chi connectivity index (χ1v) is 15.0. The molecule has 1 aliphatic rings. The molecule has 42 heavy (non-hydrogen) atoms. The molecule has 220 valence electrons. The molecule has 1 saturated heterocycles. The minimum absolute atomic E-state index is 0.172. The Morgan fingerprint density at radius 3 is 2.52 bits per heavy atom. The number of anilines is 3. The van der Waals surface area contributed by atoms with Gasteiger partial charge >= 0.3 is 0 Å². The number of piperidine rings is 1. The Kier molecular flexibility index (Phi) is 8.79. The van der Waals surface area contributed by atoms with E-state index in [1.54, 1.807) is 19.3 Å². The zero-order valence-corrected chi connectivity index (χ0v) is 25.4. The highest BCUT2D eigenvalue weighted by atomic mass is 32.1. The van der Waals surface area contributed by atoms with E-state index >= 15 is 0 Å². The van der Waals surface area contributed by atoms with Crippen LogP contribution in [0.25, 0.3) is 11.3 Å². The third-order valence-electron chi connectivity index (χ3n) is 7.65. The fourth-order valence-corrected chi connectivity index (χ4v) is 6.34. The minimum atomic E-state index is -0.647. The summed E-state index contributed by atoms with van der Waals surface area (Å²) in [6, 6.07) is 10.1. The van der Waals surface area contributed by atoms with E-state index in [9.17, 15) is 14.0 Å². The van der Waals surface area contributed by atoms with Gasteiger partial charge in [0.25, 0.3) is 11.5 Å². The second kappa shape index (κ2) is 12.5. The number of carbonyl (C=O) groups excluding carboxylic acids is 1. The summed E-state index contributed by atoms with van der Waals surface area (Å²) in [5, 5.41) is 14.4. The number of aryl methyl sites for hydroxylation is 2. The summed E-state index contributed by atoms with van der Waals surface area (Å²) >= 11 is 1.42. The zero-order valence-electron chi connectivity index (χ0n) is 24.6. The summed E-state index contributed by atoms with van der Waals surface area (Å²) in [4.78, 5) is 34.3. The quantitative estimate of drug-likeness (QED) is 0.263. The standard InChI is InChI=1S/C31H36FN7O2S/c1-6-26-21(18(2)3)16-27(42-26)30(40)35-29-22(32)7-8-23(34-29)20-15-25(31(41)39(5)17-20)33-28-10-9-24(36-37-28)19-11-13-38(4)14-12-19/h7-10,15-19H,6,11-14H2,1-5H3,(H,33,37)(H,34,35,40). The van der Waals surface area contributed by atoms with Gasteiger partial charge in [-0.15, -0.1) is 16.4 Å². The first kappa shape index (κ1) is 29.5. The van der Waals surface area contributed by atoms with Crippen molar-refractivity contribution in [3.05, 3.63) is 79.8 Å². The predicted molar refractivity (Wildman–Crippen MR) is 165 cm³/mol. The molecule has 1 aliphatic heterocycles. The second-order valence-corrected chi connectivity index (χ2v) is 12.2. The maximum atomic E-state index is 14.8. The Hall–Kier alpha value is -3.96. The maximum Gasteiger partial charge on any atom is 0.274 e. The number of pyridine rings is 2. The van der Waals surface area contributed by atoms with E-state index in [-0.39, 0.29) is 23.0 Å². The molecule has 4 aromatic rings. The van der Waals surface area contributed by atoms with Gasteiger partial charge < -0.3 is 20.1 Å². The Labute approximate surface area is 248 Å². The van der Waals surface area contributed by atoms with Gasteiger partial charge in [-0.2, -0.15) is 5.10 Å². The van der Waals surface area contributed by atoms with E-state index in [1.807, 2.05) is 18.2 Å². The van der Waals surface area contributed by atoms with Crippen molar-refractivity contribution < 1.29 is 9.18 Å². The highest BCUT2D eigenvalue weighted by molar-refractivity contribution is 7.14. The molecule has 0 radical (unpaired) electrons. The van der Waals surface area contributed by atoms with Gasteiger partial charge in [0, 0.05) is 29.6 Å². The van der Waals surface area contributed by atoms with Gasteiger partial charge in [0.15, 0.2) is 17.5 Å². The average Bonchev–Trinajstić information content (AvgIpc) is 3.43. The Morgan fingerprint density at radius 1 is 1.12 bits per heavy atom. The van der Waals surface area contributed by atoms with E-state index < -0.39 is 11.7 Å². The number of nitrogens with zero attached hydrogens (tertiary/aromatic N) is 5. The van der Waals surface area contributed by atoms with Gasteiger partial charge in [0.1, 0.15) is 5.69 Å². The van der Waals surface area contributed by atoms with E-state index in [0.717, 1.165) is 48.5 Å². The molecular weight excluding hydrogens is 553 g/mol. The molecule has 5 heterocycles. The fourth-order valence-electron chi connectivity index (χ4n) is 5.19. The van der Waals surface area contributed by atoms with Crippen molar-refractivity contribution in [3.63, 3.8) is 0 Å². The number of halogens is 1. The molecule has 0 unspecified atom stereocenters. The molecule has 0 atom stereocenters. The van der Waals surface area contributed by atoms with Crippen LogP contribution in [0.2, 0.25) is 0 Å². The highest BCUT2D eigenvalue weighted by Gasteiger charge is 2.21. The smallest absolute Gasteiger partial charge is 0.274 e. The van der Waals surface area contributed by atoms with Crippen LogP contribution in [0, 0.1) is 5.82 Å². The third kappa shape index (κ3) is 6.42. The number of amides is 1. The summed E-state index contributed by atoms with van der Waals surface area (Å²) in [5.41, 5.74) is 3.06. The first-order chi connectivity index (χ1) is 20.1. The molecule has 5 rings (SSSR count). The maximum absolute atomic E-state index is 14.8. The number of rotatable bonds is 8. The Balaban J connectivity index is 1.36. The number of hydrogen-bond donors (Lipinski definition) is 2. The van der Waals surface area contributed by atoms with Gasteiger partial charge in [-0.3, -0.25) is 9.59 Å². The fraction of sp³-hybridized carbons (Fsp3) is 0.387. The number of likely N-dealkylation sites (tertiary alicyclic amines) is 1.